The zero-order valence-corrected chi connectivity index (χ0v) is 20.1. The lowest BCUT2D eigenvalue weighted by Crippen LogP contribution is -2.35. The molecule has 1 fully saturated rings. The fourth-order valence-electron chi connectivity index (χ4n) is 5.23. The van der Waals surface area contributed by atoms with Gasteiger partial charge < -0.3 is 26.4 Å². The zero-order valence-electron chi connectivity index (χ0n) is 20.1. The standard InChI is InChI=1S/C25H36N6O2/c1-15(32)28-11-12-31(4)23-19-13-25(2,3)21-22(29-14-30-24(21)27)18(19)9-10-20(23)33-17-7-5-16(26)6-8-17/h9-10,14,16-17H,5-8,11-13,26H2,1-4H3,(H,28,32)(H2,27,29,30). The Hall–Kier alpha value is -2.87. The van der Waals surface area contributed by atoms with Crippen LogP contribution < -0.4 is 26.4 Å². The fraction of sp³-hybridized carbons (Fsp3) is 0.560. The van der Waals surface area contributed by atoms with Crippen LogP contribution in [0.5, 0.6) is 5.75 Å². The van der Waals surface area contributed by atoms with E-state index in [4.69, 9.17) is 16.2 Å². The first-order valence-corrected chi connectivity index (χ1v) is 11.8. The number of nitrogens with one attached hydrogen (secondary N) is 1. The number of nitrogen functional groups attached to an aromatic ring is 1. The van der Waals surface area contributed by atoms with E-state index < -0.39 is 0 Å². The van der Waals surface area contributed by atoms with Crippen LogP contribution in [0.2, 0.25) is 0 Å². The average molecular weight is 453 g/mol. The van der Waals surface area contributed by atoms with Crippen LogP contribution in [-0.4, -0.2) is 48.2 Å². The number of hydrogen-bond donors (Lipinski definition) is 3. The van der Waals surface area contributed by atoms with E-state index in [1.54, 1.807) is 0 Å². The Bertz CT molecular complexity index is 1030. The van der Waals surface area contributed by atoms with Gasteiger partial charge in [0.15, 0.2) is 0 Å². The predicted octanol–water partition coefficient (Wildman–Crippen LogP) is 2.78. The number of anilines is 2. The quantitative estimate of drug-likeness (QED) is 0.616. The number of ether oxygens (including phenoxy) is 1. The van der Waals surface area contributed by atoms with Crippen LogP contribution in [0.15, 0.2) is 18.5 Å². The maximum Gasteiger partial charge on any atom is 0.216 e. The summed E-state index contributed by atoms with van der Waals surface area (Å²) in [4.78, 5) is 22.5. The average Bonchev–Trinajstić information content (AvgIpc) is 2.74. The second-order valence-electron chi connectivity index (χ2n) is 10.0. The molecule has 0 aliphatic heterocycles. The van der Waals surface area contributed by atoms with Crippen LogP contribution in [0, 0.1) is 0 Å². The molecule has 0 radical (unpaired) electrons. The summed E-state index contributed by atoms with van der Waals surface area (Å²) >= 11 is 0. The number of nitrogens with two attached hydrogens (primary N) is 2. The van der Waals surface area contributed by atoms with E-state index in [2.05, 4.69) is 53.2 Å². The van der Waals surface area contributed by atoms with Gasteiger partial charge in [0.05, 0.1) is 17.5 Å². The monoisotopic (exact) mass is 452 g/mol. The number of carbonyl (C=O) groups is 1. The Labute approximate surface area is 196 Å². The lowest BCUT2D eigenvalue weighted by Gasteiger charge is -2.37. The molecule has 1 aromatic heterocycles. The molecule has 2 aliphatic carbocycles. The molecule has 1 saturated carbocycles. The van der Waals surface area contributed by atoms with Gasteiger partial charge in [-0.05, 0) is 55.2 Å². The van der Waals surface area contributed by atoms with E-state index in [-0.39, 0.29) is 23.5 Å². The highest BCUT2D eigenvalue weighted by atomic mass is 16.5. The molecule has 2 aliphatic rings. The summed E-state index contributed by atoms with van der Waals surface area (Å²) in [6.07, 6.45) is 6.39. The van der Waals surface area contributed by atoms with Crippen molar-refractivity contribution >= 4 is 17.4 Å². The molecule has 0 unspecified atom stereocenters. The summed E-state index contributed by atoms with van der Waals surface area (Å²) in [5.41, 5.74) is 17.4. The lowest BCUT2D eigenvalue weighted by atomic mass is 9.71. The number of aromatic nitrogens is 2. The molecule has 4 rings (SSSR count). The summed E-state index contributed by atoms with van der Waals surface area (Å²) in [7, 11) is 2.05. The Kier molecular flexibility index (Phi) is 6.47. The first kappa shape index (κ1) is 23.3. The van der Waals surface area contributed by atoms with Crippen molar-refractivity contribution in [3.8, 4) is 17.0 Å². The van der Waals surface area contributed by atoms with Crippen LogP contribution >= 0.6 is 0 Å². The minimum absolute atomic E-state index is 0.0317. The van der Waals surface area contributed by atoms with E-state index in [9.17, 15) is 4.79 Å². The Morgan fingerprint density at radius 1 is 1.24 bits per heavy atom. The van der Waals surface area contributed by atoms with Gasteiger partial charge in [0.2, 0.25) is 5.91 Å². The van der Waals surface area contributed by atoms with Crippen LogP contribution in [0.4, 0.5) is 11.5 Å². The van der Waals surface area contributed by atoms with Gasteiger partial charge in [-0.25, -0.2) is 9.97 Å². The minimum Gasteiger partial charge on any atom is -0.488 e. The first-order valence-electron chi connectivity index (χ1n) is 11.8. The Morgan fingerprint density at radius 3 is 2.67 bits per heavy atom. The highest BCUT2D eigenvalue weighted by molar-refractivity contribution is 5.83. The van der Waals surface area contributed by atoms with Crippen molar-refractivity contribution in [1.82, 2.24) is 15.3 Å². The molecular formula is C25H36N6O2. The minimum atomic E-state index is -0.225. The van der Waals surface area contributed by atoms with Crippen molar-refractivity contribution in [3.05, 3.63) is 29.6 Å². The van der Waals surface area contributed by atoms with Crippen molar-refractivity contribution < 1.29 is 9.53 Å². The molecule has 1 aromatic carbocycles. The van der Waals surface area contributed by atoms with Crippen molar-refractivity contribution in [1.29, 1.82) is 0 Å². The van der Waals surface area contributed by atoms with Crippen molar-refractivity contribution in [2.75, 3.05) is 30.8 Å². The smallest absolute Gasteiger partial charge is 0.216 e. The number of likely N-dealkylation sites (N-methyl/N-ethyl adjacent to an activating group) is 1. The summed E-state index contributed by atoms with van der Waals surface area (Å²) in [5, 5.41) is 2.90. The molecule has 8 heteroatoms. The van der Waals surface area contributed by atoms with Gasteiger partial charge in [0.1, 0.15) is 17.9 Å². The second kappa shape index (κ2) is 9.17. The van der Waals surface area contributed by atoms with E-state index in [1.807, 2.05) is 0 Å². The number of fused-ring (bicyclic) bond motifs is 3. The summed E-state index contributed by atoms with van der Waals surface area (Å²) in [6.45, 7) is 7.14. The number of hydrogen-bond acceptors (Lipinski definition) is 7. The molecule has 0 bridgehead atoms. The zero-order chi connectivity index (χ0) is 23.8. The SMILES string of the molecule is CC(=O)NCCN(C)c1c(OC2CCC(N)CC2)ccc2c1CC(C)(C)c1c(N)ncnc1-2. The van der Waals surface area contributed by atoms with Gasteiger partial charge in [0, 0.05) is 44.2 Å². The van der Waals surface area contributed by atoms with Gasteiger partial charge in [-0.1, -0.05) is 13.8 Å². The van der Waals surface area contributed by atoms with Crippen molar-refractivity contribution in [2.24, 2.45) is 5.73 Å². The van der Waals surface area contributed by atoms with Gasteiger partial charge >= 0.3 is 0 Å². The molecule has 2 aromatic rings. The largest absolute Gasteiger partial charge is 0.488 e. The predicted molar refractivity (Wildman–Crippen MR) is 131 cm³/mol. The summed E-state index contributed by atoms with van der Waals surface area (Å²) in [5.74, 6) is 1.38. The van der Waals surface area contributed by atoms with Gasteiger partial charge in [-0.15, -0.1) is 0 Å². The Balaban J connectivity index is 1.77. The van der Waals surface area contributed by atoms with Crippen LogP contribution in [0.1, 0.15) is 57.6 Å². The molecule has 0 saturated heterocycles. The number of rotatable bonds is 6. The third-order valence-corrected chi connectivity index (χ3v) is 6.89. The highest BCUT2D eigenvalue weighted by Gasteiger charge is 2.37. The van der Waals surface area contributed by atoms with Crippen LogP contribution in [-0.2, 0) is 16.6 Å². The fourth-order valence-corrected chi connectivity index (χ4v) is 5.23. The second-order valence-corrected chi connectivity index (χ2v) is 10.0. The molecular weight excluding hydrogens is 416 g/mol. The number of amides is 1. The molecule has 0 spiro atoms. The number of nitrogens with zero attached hydrogens (tertiary/aromatic N) is 3. The summed E-state index contributed by atoms with van der Waals surface area (Å²) in [6, 6.07) is 4.43. The van der Waals surface area contributed by atoms with E-state index in [0.29, 0.717) is 18.9 Å². The van der Waals surface area contributed by atoms with Gasteiger partial charge in [-0.3, -0.25) is 4.79 Å². The van der Waals surface area contributed by atoms with Crippen molar-refractivity contribution in [3.63, 3.8) is 0 Å². The summed E-state index contributed by atoms with van der Waals surface area (Å²) < 4.78 is 6.59. The van der Waals surface area contributed by atoms with Crippen LogP contribution in [0.3, 0.4) is 0 Å². The maximum absolute atomic E-state index is 11.4. The third-order valence-electron chi connectivity index (χ3n) is 6.89. The molecule has 1 amide bonds. The lowest BCUT2D eigenvalue weighted by molar-refractivity contribution is -0.118. The molecule has 5 N–H and O–H groups in total. The van der Waals surface area contributed by atoms with E-state index in [0.717, 1.165) is 60.4 Å². The van der Waals surface area contributed by atoms with Gasteiger partial charge in [-0.2, -0.15) is 0 Å². The van der Waals surface area contributed by atoms with E-state index >= 15 is 0 Å². The molecule has 0 atom stereocenters. The highest BCUT2D eigenvalue weighted by Crippen LogP contribution is 2.49. The molecule has 8 nitrogen and oxygen atoms in total. The van der Waals surface area contributed by atoms with Crippen LogP contribution in [0.25, 0.3) is 11.3 Å². The molecule has 178 valence electrons. The maximum atomic E-state index is 11.4. The normalized spacial score (nSPS) is 21.0. The van der Waals surface area contributed by atoms with Gasteiger partial charge in [0.25, 0.3) is 0 Å². The van der Waals surface area contributed by atoms with Crippen molar-refractivity contribution in [2.45, 2.75) is 70.4 Å². The Morgan fingerprint density at radius 2 is 1.97 bits per heavy atom. The van der Waals surface area contributed by atoms with E-state index in [1.165, 1.54) is 18.8 Å². The topological polar surface area (TPSA) is 119 Å². The molecule has 33 heavy (non-hydrogen) atoms. The number of carbonyl (C=O) groups excluding carboxylic acids is 1. The molecule has 1 heterocycles. The number of benzene rings is 1. The first-order chi connectivity index (χ1) is 15.7. The third kappa shape index (κ3) is 4.76.